The van der Waals surface area contributed by atoms with Crippen LogP contribution in [0.1, 0.15) is 17.7 Å². The third-order valence-corrected chi connectivity index (χ3v) is 5.67. The van der Waals surface area contributed by atoms with E-state index in [9.17, 15) is 18.7 Å². The molecule has 1 aromatic carbocycles. The van der Waals surface area contributed by atoms with Crippen molar-refractivity contribution in [2.24, 2.45) is 0 Å². The number of carboxylic acids is 1. The molecule has 35 heavy (non-hydrogen) atoms. The van der Waals surface area contributed by atoms with Crippen LogP contribution in [0.25, 0.3) is 11.4 Å². The minimum absolute atomic E-state index is 0.0663. The summed E-state index contributed by atoms with van der Waals surface area (Å²) in [7, 11) is 0. The molecule has 0 unspecified atom stereocenters. The van der Waals surface area contributed by atoms with E-state index in [1.165, 1.54) is 12.3 Å². The number of carboxylic acid groups (broad SMARTS) is 1. The molecule has 13 heteroatoms. The lowest BCUT2D eigenvalue weighted by molar-refractivity contribution is -0.149. The molecule has 10 nitrogen and oxygen atoms in total. The zero-order chi connectivity index (χ0) is 24.9. The topological polar surface area (TPSA) is 129 Å². The monoisotopic (exact) mass is 508 g/mol. The van der Waals surface area contributed by atoms with Gasteiger partial charge in [-0.15, -0.1) is 0 Å². The first-order valence-corrected chi connectivity index (χ1v) is 11.1. The van der Waals surface area contributed by atoms with Gasteiger partial charge in [0, 0.05) is 37.3 Å². The Morgan fingerprint density at radius 2 is 2.11 bits per heavy atom. The molecule has 3 heterocycles. The summed E-state index contributed by atoms with van der Waals surface area (Å²) in [6.45, 7) is -1.15. The van der Waals surface area contributed by atoms with Crippen LogP contribution in [-0.4, -0.2) is 74.7 Å². The third-order valence-electron chi connectivity index (χ3n) is 5.48. The van der Waals surface area contributed by atoms with Crippen LogP contribution >= 0.6 is 11.6 Å². The number of hydrogen-bond donors (Lipinski definition) is 2. The van der Waals surface area contributed by atoms with Crippen LogP contribution < -0.4 is 10.5 Å². The molecule has 0 radical (unpaired) electrons. The number of nitrogen functional groups attached to an aromatic ring is 1. The Balaban J connectivity index is 1.54. The van der Waals surface area contributed by atoms with E-state index >= 15 is 0 Å². The number of rotatable bonds is 9. The van der Waals surface area contributed by atoms with Gasteiger partial charge in [-0.1, -0.05) is 29.8 Å². The van der Waals surface area contributed by atoms with Crippen molar-refractivity contribution in [1.29, 1.82) is 0 Å². The Kier molecular flexibility index (Phi) is 7.73. The van der Waals surface area contributed by atoms with Gasteiger partial charge in [-0.25, -0.2) is 14.6 Å². The number of para-hydroxylation sites is 1. The number of aliphatic carboxylic acids is 1. The van der Waals surface area contributed by atoms with E-state index in [0.29, 0.717) is 35.7 Å². The van der Waals surface area contributed by atoms with Gasteiger partial charge >= 0.3 is 12.5 Å². The Morgan fingerprint density at radius 1 is 1.31 bits per heavy atom. The molecule has 3 aromatic rings. The molecule has 0 bridgehead atoms. The summed E-state index contributed by atoms with van der Waals surface area (Å²) >= 11 is 5.98. The van der Waals surface area contributed by atoms with Crippen molar-refractivity contribution < 1.29 is 28.2 Å². The number of nitrogens with zero attached hydrogens (tertiary/aromatic N) is 5. The highest BCUT2D eigenvalue weighted by Gasteiger charge is 2.29. The number of ether oxygens (including phenoxy) is 2. The van der Waals surface area contributed by atoms with E-state index in [1.807, 2.05) is 6.07 Å². The second-order valence-corrected chi connectivity index (χ2v) is 8.18. The Morgan fingerprint density at radius 3 is 2.86 bits per heavy atom. The molecule has 1 saturated heterocycles. The maximum absolute atomic E-state index is 13.4. The highest BCUT2D eigenvalue weighted by molar-refractivity contribution is 6.29. The molecule has 0 spiro atoms. The van der Waals surface area contributed by atoms with Crippen molar-refractivity contribution in [3.63, 3.8) is 0 Å². The van der Waals surface area contributed by atoms with Crippen LogP contribution in [0.15, 0.2) is 36.5 Å². The Labute approximate surface area is 204 Å². The first kappa shape index (κ1) is 24.8. The molecule has 186 valence electrons. The summed E-state index contributed by atoms with van der Waals surface area (Å²) in [5, 5.41) is 13.4. The summed E-state index contributed by atoms with van der Waals surface area (Å²) in [4.78, 5) is 21.1. The average Bonchev–Trinajstić information content (AvgIpc) is 3.24. The van der Waals surface area contributed by atoms with E-state index < -0.39 is 18.6 Å². The summed E-state index contributed by atoms with van der Waals surface area (Å²) in [6.07, 6.45) is 1.46. The van der Waals surface area contributed by atoms with Gasteiger partial charge < -0.3 is 20.3 Å². The van der Waals surface area contributed by atoms with Crippen LogP contribution in [0, 0.1) is 0 Å². The number of carbonyl (C=O) groups is 1. The van der Waals surface area contributed by atoms with Crippen molar-refractivity contribution in [2.75, 3.05) is 38.6 Å². The first-order chi connectivity index (χ1) is 16.8. The van der Waals surface area contributed by atoms with Crippen molar-refractivity contribution in [3.05, 3.63) is 52.8 Å². The van der Waals surface area contributed by atoms with Gasteiger partial charge in [-0.3, -0.25) is 9.69 Å². The highest BCUT2D eigenvalue weighted by Crippen LogP contribution is 2.29. The van der Waals surface area contributed by atoms with Crippen molar-refractivity contribution in [2.45, 2.75) is 19.0 Å². The van der Waals surface area contributed by atoms with Gasteiger partial charge in [0.15, 0.2) is 0 Å². The largest absolute Gasteiger partial charge is 0.492 e. The lowest BCUT2D eigenvalue weighted by atomic mass is 10.0. The van der Waals surface area contributed by atoms with E-state index in [-0.39, 0.29) is 42.1 Å². The number of alkyl halides is 2. The fourth-order valence-corrected chi connectivity index (χ4v) is 4.02. The molecular weight excluding hydrogens is 486 g/mol. The highest BCUT2D eigenvalue weighted by atomic mass is 35.5. The van der Waals surface area contributed by atoms with E-state index in [0.717, 1.165) is 5.56 Å². The van der Waals surface area contributed by atoms with Crippen LogP contribution in [0.5, 0.6) is 5.75 Å². The third kappa shape index (κ3) is 6.02. The van der Waals surface area contributed by atoms with E-state index in [4.69, 9.17) is 26.8 Å². The summed E-state index contributed by atoms with van der Waals surface area (Å²) in [5.74, 6) is -0.501. The second kappa shape index (κ2) is 10.9. The maximum atomic E-state index is 13.4. The van der Waals surface area contributed by atoms with Gasteiger partial charge in [0.1, 0.15) is 29.2 Å². The van der Waals surface area contributed by atoms with Crippen LogP contribution in [0.2, 0.25) is 5.15 Å². The average molecular weight is 509 g/mol. The van der Waals surface area contributed by atoms with Crippen molar-refractivity contribution in [3.8, 4) is 17.1 Å². The molecule has 0 amide bonds. The maximum Gasteiger partial charge on any atom is 0.333 e. The predicted molar refractivity (Wildman–Crippen MR) is 122 cm³/mol. The molecule has 0 aliphatic carbocycles. The molecule has 3 N–H and O–H groups in total. The first-order valence-electron chi connectivity index (χ1n) is 10.7. The number of morpholine rings is 1. The summed E-state index contributed by atoms with van der Waals surface area (Å²) in [5.41, 5.74) is 7.30. The van der Waals surface area contributed by atoms with E-state index in [1.54, 1.807) is 23.1 Å². The predicted octanol–water partition coefficient (Wildman–Crippen LogP) is 2.73. The molecule has 1 aliphatic heterocycles. The van der Waals surface area contributed by atoms with Crippen LogP contribution in [0.3, 0.4) is 0 Å². The zero-order valence-corrected chi connectivity index (χ0v) is 19.2. The molecule has 1 atom stereocenters. The molecule has 1 fully saturated rings. The summed E-state index contributed by atoms with van der Waals surface area (Å²) in [6, 6.07) is 7.86. The fraction of sp³-hybridized carbons (Fsp3) is 0.364. The normalized spacial score (nSPS) is 16.5. The van der Waals surface area contributed by atoms with E-state index in [2.05, 4.69) is 15.1 Å². The molecular formula is C22H23ClF2N6O4. The molecule has 0 saturated carbocycles. The molecule has 4 rings (SSSR count). The summed E-state index contributed by atoms with van der Waals surface area (Å²) < 4.78 is 38.6. The number of benzene rings is 1. The van der Waals surface area contributed by atoms with Crippen LogP contribution in [0.4, 0.5) is 14.7 Å². The van der Waals surface area contributed by atoms with Gasteiger partial charge in [-0.05, 0) is 11.6 Å². The minimum Gasteiger partial charge on any atom is -0.492 e. The SMILES string of the molecule is Nc1nc(Cl)cc(-c2nn(C(F)F)cc2Cc2ccccc2OCCN2CCOC[C@@H]2C(=O)O)n1. The van der Waals surface area contributed by atoms with Crippen molar-refractivity contribution >= 4 is 23.5 Å². The van der Waals surface area contributed by atoms with Crippen LogP contribution in [-0.2, 0) is 16.0 Å². The second-order valence-electron chi connectivity index (χ2n) is 7.79. The Bertz CT molecular complexity index is 1170. The number of nitrogens with two attached hydrogens (primary N) is 1. The van der Waals surface area contributed by atoms with Gasteiger partial charge in [0.25, 0.3) is 0 Å². The van der Waals surface area contributed by atoms with Gasteiger partial charge in [-0.2, -0.15) is 13.9 Å². The number of anilines is 1. The van der Waals surface area contributed by atoms with Gasteiger partial charge in [0.05, 0.1) is 18.9 Å². The number of halogens is 3. The van der Waals surface area contributed by atoms with Crippen molar-refractivity contribution in [1.82, 2.24) is 24.6 Å². The molecule has 1 aliphatic rings. The lowest BCUT2D eigenvalue weighted by Crippen LogP contribution is -2.51. The fourth-order valence-electron chi connectivity index (χ4n) is 3.83. The standard InChI is InChI=1S/C22H23ClF2N6O4/c23-18-10-15(27-22(26)28-18)19-14(11-31(29-19)21(24)25)9-13-3-1-2-4-17(13)35-8-6-30-5-7-34-12-16(30)20(32)33/h1-4,10-11,16,21H,5-9,12H2,(H,32,33)(H2,26,27,28)/t16-/m1/s1. The number of hydrogen-bond acceptors (Lipinski definition) is 8. The zero-order valence-electron chi connectivity index (χ0n) is 18.5. The number of aromatic nitrogens is 4. The molecule has 2 aromatic heterocycles. The van der Waals surface area contributed by atoms with Gasteiger partial charge in [0.2, 0.25) is 5.95 Å². The lowest BCUT2D eigenvalue weighted by Gasteiger charge is -2.32. The minimum atomic E-state index is -2.85. The quantitative estimate of drug-likeness (QED) is 0.419. The smallest absolute Gasteiger partial charge is 0.333 e. The Hall–Kier alpha value is -3.35.